The van der Waals surface area contributed by atoms with Crippen LogP contribution in [0.3, 0.4) is 0 Å². The van der Waals surface area contributed by atoms with Gasteiger partial charge in [0.1, 0.15) is 23.3 Å². The van der Waals surface area contributed by atoms with E-state index in [-0.39, 0.29) is 5.56 Å². The van der Waals surface area contributed by atoms with Gasteiger partial charge in [0.25, 0.3) is 17.3 Å². The number of rotatable bonds is 6. The van der Waals surface area contributed by atoms with Gasteiger partial charge in [-0.3, -0.25) is 25.0 Å². The second-order valence-corrected chi connectivity index (χ2v) is 8.03. The summed E-state index contributed by atoms with van der Waals surface area (Å²) in [6.45, 7) is 5.31. The molecular formula is C22H22N8O5. The van der Waals surface area contributed by atoms with Crippen LogP contribution < -0.4 is 10.2 Å². The van der Waals surface area contributed by atoms with Gasteiger partial charge in [-0.25, -0.2) is 15.0 Å². The van der Waals surface area contributed by atoms with E-state index < -0.39 is 27.1 Å². The molecule has 13 heteroatoms. The molecule has 0 aliphatic carbocycles. The molecule has 0 bridgehead atoms. The van der Waals surface area contributed by atoms with Crippen LogP contribution in [-0.2, 0) is 0 Å². The highest BCUT2D eigenvalue weighted by molar-refractivity contribution is 5.95. The molecule has 35 heavy (non-hydrogen) atoms. The fourth-order valence-electron chi connectivity index (χ4n) is 3.76. The SMILES string of the molecule is Cc1ccnc(Nc2cc(N3CCN(C(=O)c4cc([N+](=O)[O-])cc([N+](=O)[O-])c4)CC3)nc(C)n2)c1. The number of nitrogens with one attached hydrogen (secondary N) is 1. The molecule has 1 fully saturated rings. The first-order chi connectivity index (χ1) is 16.7. The van der Waals surface area contributed by atoms with E-state index in [1.807, 2.05) is 24.0 Å². The molecule has 1 aromatic carbocycles. The van der Waals surface area contributed by atoms with Crippen LogP contribution in [0.2, 0.25) is 0 Å². The number of aryl methyl sites for hydroxylation is 2. The largest absolute Gasteiger partial charge is 0.353 e. The lowest BCUT2D eigenvalue weighted by molar-refractivity contribution is -0.394. The predicted octanol–water partition coefficient (Wildman–Crippen LogP) is 3.01. The van der Waals surface area contributed by atoms with Crippen molar-refractivity contribution in [2.24, 2.45) is 0 Å². The highest BCUT2D eigenvalue weighted by atomic mass is 16.6. The van der Waals surface area contributed by atoms with Crippen molar-refractivity contribution < 1.29 is 14.6 Å². The van der Waals surface area contributed by atoms with E-state index in [1.165, 1.54) is 4.90 Å². The van der Waals surface area contributed by atoms with Crippen LogP contribution in [0.15, 0.2) is 42.6 Å². The third-order valence-corrected chi connectivity index (χ3v) is 5.46. The van der Waals surface area contributed by atoms with E-state index in [9.17, 15) is 25.0 Å². The molecule has 1 aliphatic rings. The minimum Gasteiger partial charge on any atom is -0.353 e. The summed E-state index contributed by atoms with van der Waals surface area (Å²) in [5.74, 6) is 2.01. The number of hydrogen-bond donors (Lipinski definition) is 1. The molecule has 0 radical (unpaired) electrons. The van der Waals surface area contributed by atoms with Crippen LogP contribution in [0.5, 0.6) is 0 Å². The smallest absolute Gasteiger partial charge is 0.277 e. The summed E-state index contributed by atoms with van der Waals surface area (Å²) in [6, 6.07) is 8.57. The van der Waals surface area contributed by atoms with Crippen molar-refractivity contribution >= 4 is 34.7 Å². The zero-order chi connectivity index (χ0) is 25.1. The maximum Gasteiger partial charge on any atom is 0.277 e. The summed E-state index contributed by atoms with van der Waals surface area (Å²) in [7, 11) is 0. The van der Waals surface area contributed by atoms with Crippen LogP contribution >= 0.6 is 0 Å². The van der Waals surface area contributed by atoms with Gasteiger partial charge in [0.15, 0.2) is 0 Å². The van der Waals surface area contributed by atoms with E-state index in [4.69, 9.17) is 0 Å². The number of amides is 1. The molecule has 3 aromatic rings. The molecule has 2 aromatic heterocycles. The van der Waals surface area contributed by atoms with Gasteiger partial charge in [-0.1, -0.05) is 0 Å². The lowest BCUT2D eigenvalue weighted by atomic mass is 10.1. The average Bonchev–Trinajstić information content (AvgIpc) is 2.83. The van der Waals surface area contributed by atoms with Crippen LogP contribution in [0.4, 0.5) is 28.8 Å². The van der Waals surface area contributed by atoms with Crippen molar-refractivity contribution in [1.82, 2.24) is 19.9 Å². The van der Waals surface area contributed by atoms with Crippen molar-refractivity contribution in [3.05, 3.63) is 79.8 Å². The topological polar surface area (TPSA) is 161 Å². The number of anilines is 3. The number of nitro groups is 2. The highest BCUT2D eigenvalue weighted by Gasteiger charge is 2.27. The number of nitro benzene ring substituents is 2. The first kappa shape index (κ1) is 23.5. The molecule has 180 valence electrons. The minimum absolute atomic E-state index is 0.0885. The summed E-state index contributed by atoms with van der Waals surface area (Å²) in [6.07, 6.45) is 1.71. The molecule has 3 heterocycles. The summed E-state index contributed by atoms with van der Waals surface area (Å²) in [5, 5.41) is 25.5. The van der Waals surface area contributed by atoms with Gasteiger partial charge in [0, 0.05) is 50.6 Å². The maximum atomic E-state index is 13.0. The zero-order valence-corrected chi connectivity index (χ0v) is 19.0. The Labute approximate surface area is 199 Å². The first-order valence-corrected chi connectivity index (χ1v) is 10.7. The minimum atomic E-state index is -0.753. The molecule has 0 atom stereocenters. The van der Waals surface area contributed by atoms with Crippen LogP contribution in [0.25, 0.3) is 0 Å². The predicted molar refractivity (Wildman–Crippen MR) is 127 cm³/mol. The second-order valence-electron chi connectivity index (χ2n) is 8.03. The van der Waals surface area contributed by atoms with Crippen LogP contribution in [0, 0.1) is 34.1 Å². The Morgan fingerprint density at radius 3 is 2.17 bits per heavy atom. The molecule has 13 nitrogen and oxygen atoms in total. The fourth-order valence-corrected chi connectivity index (χ4v) is 3.76. The molecule has 1 saturated heterocycles. The number of piperazine rings is 1. The van der Waals surface area contributed by atoms with Crippen molar-refractivity contribution in [3.63, 3.8) is 0 Å². The van der Waals surface area contributed by atoms with Gasteiger partial charge in [0.2, 0.25) is 0 Å². The lowest BCUT2D eigenvalue weighted by Gasteiger charge is -2.35. The quantitative estimate of drug-likeness (QED) is 0.412. The van der Waals surface area contributed by atoms with Crippen LogP contribution in [-0.4, -0.2) is 61.8 Å². The third kappa shape index (κ3) is 5.46. The standard InChI is InChI=1S/C22H22N8O5/c1-14-3-4-23-19(9-14)26-20-13-21(25-15(2)24-20)27-5-7-28(8-6-27)22(31)16-10-17(29(32)33)12-18(11-16)30(34)35/h3-4,9-13H,5-8H2,1-2H3,(H,23,24,25,26). The molecule has 0 saturated carbocycles. The number of nitrogens with zero attached hydrogens (tertiary/aromatic N) is 7. The first-order valence-electron chi connectivity index (χ1n) is 10.7. The Morgan fingerprint density at radius 1 is 0.914 bits per heavy atom. The number of aromatic nitrogens is 3. The Kier molecular flexibility index (Phi) is 6.48. The average molecular weight is 478 g/mol. The maximum absolute atomic E-state index is 13.0. The van der Waals surface area contributed by atoms with Crippen molar-refractivity contribution in [3.8, 4) is 0 Å². The molecule has 1 aliphatic heterocycles. The van der Waals surface area contributed by atoms with E-state index in [2.05, 4.69) is 20.3 Å². The summed E-state index contributed by atoms with van der Waals surface area (Å²) in [4.78, 5) is 50.5. The molecule has 1 N–H and O–H groups in total. The van der Waals surface area contributed by atoms with Crippen molar-refractivity contribution in [2.75, 3.05) is 36.4 Å². The fraction of sp³-hybridized carbons (Fsp3) is 0.273. The molecular weight excluding hydrogens is 456 g/mol. The number of benzene rings is 1. The molecule has 0 unspecified atom stereocenters. The zero-order valence-electron chi connectivity index (χ0n) is 19.0. The number of pyridine rings is 1. The molecule has 4 rings (SSSR count). The monoisotopic (exact) mass is 478 g/mol. The Morgan fingerprint density at radius 2 is 1.57 bits per heavy atom. The molecule has 1 amide bonds. The lowest BCUT2D eigenvalue weighted by Crippen LogP contribution is -2.49. The van der Waals surface area contributed by atoms with E-state index >= 15 is 0 Å². The van der Waals surface area contributed by atoms with Gasteiger partial charge in [-0.2, -0.15) is 0 Å². The number of carbonyl (C=O) groups is 1. The van der Waals surface area contributed by atoms with E-state index in [0.717, 1.165) is 23.8 Å². The Hall–Kier alpha value is -4.68. The number of non-ortho nitro benzene ring substituents is 2. The summed E-state index contributed by atoms with van der Waals surface area (Å²) < 4.78 is 0. The van der Waals surface area contributed by atoms with Crippen LogP contribution in [0.1, 0.15) is 21.7 Å². The Balaban J connectivity index is 1.47. The van der Waals surface area contributed by atoms with Gasteiger partial charge >= 0.3 is 0 Å². The van der Waals surface area contributed by atoms with Gasteiger partial charge in [0.05, 0.1) is 21.5 Å². The number of carbonyl (C=O) groups excluding carboxylic acids is 1. The van der Waals surface area contributed by atoms with Crippen molar-refractivity contribution in [2.45, 2.75) is 13.8 Å². The third-order valence-electron chi connectivity index (χ3n) is 5.46. The van der Waals surface area contributed by atoms with E-state index in [1.54, 1.807) is 19.2 Å². The van der Waals surface area contributed by atoms with Gasteiger partial charge in [-0.05, 0) is 31.5 Å². The Bertz CT molecular complexity index is 1270. The van der Waals surface area contributed by atoms with Gasteiger partial charge < -0.3 is 15.1 Å². The van der Waals surface area contributed by atoms with E-state index in [0.29, 0.717) is 49.5 Å². The number of hydrogen-bond acceptors (Lipinski definition) is 10. The highest BCUT2D eigenvalue weighted by Crippen LogP contribution is 2.25. The summed E-state index contributed by atoms with van der Waals surface area (Å²) in [5.41, 5.74) is -0.0284. The summed E-state index contributed by atoms with van der Waals surface area (Å²) >= 11 is 0. The second kappa shape index (κ2) is 9.67. The van der Waals surface area contributed by atoms with Crippen molar-refractivity contribution in [1.29, 1.82) is 0 Å². The molecule has 0 spiro atoms. The van der Waals surface area contributed by atoms with Gasteiger partial charge in [-0.15, -0.1) is 0 Å². The normalized spacial score (nSPS) is 13.4.